The van der Waals surface area contributed by atoms with Gasteiger partial charge in [-0.3, -0.25) is 9.59 Å². The molecular formula is C10H16O3. The third-order valence-corrected chi connectivity index (χ3v) is 2.97. The molecule has 13 heavy (non-hydrogen) atoms. The molecule has 0 saturated heterocycles. The van der Waals surface area contributed by atoms with Crippen molar-refractivity contribution in [2.24, 2.45) is 5.41 Å². The van der Waals surface area contributed by atoms with Crippen molar-refractivity contribution in [2.75, 3.05) is 7.11 Å². The van der Waals surface area contributed by atoms with Gasteiger partial charge in [0.2, 0.25) is 0 Å². The highest BCUT2D eigenvalue weighted by molar-refractivity contribution is 6.04. The Hall–Kier alpha value is -0.860. The second-order valence-electron chi connectivity index (χ2n) is 3.56. The third-order valence-electron chi connectivity index (χ3n) is 2.97. The number of methoxy groups -OCH3 is 1. The van der Waals surface area contributed by atoms with Crippen LogP contribution in [0, 0.1) is 5.41 Å². The van der Waals surface area contributed by atoms with Gasteiger partial charge in [0, 0.05) is 6.42 Å². The van der Waals surface area contributed by atoms with Crippen LogP contribution in [0.25, 0.3) is 0 Å². The van der Waals surface area contributed by atoms with Crippen molar-refractivity contribution >= 4 is 11.8 Å². The maximum absolute atomic E-state index is 11.6. The van der Waals surface area contributed by atoms with Gasteiger partial charge in [0.15, 0.2) is 0 Å². The van der Waals surface area contributed by atoms with Gasteiger partial charge in [0.05, 0.1) is 7.11 Å². The van der Waals surface area contributed by atoms with Gasteiger partial charge in [-0.15, -0.1) is 0 Å². The average molecular weight is 184 g/mol. The predicted molar refractivity (Wildman–Crippen MR) is 48.2 cm³/mol. The van der Waals surface area contributed by atoms with Crippen molar-refractivity contribution in [1.29, 1.82) is 0 Å². The molecule has 3 nitrogen and oxygen atoms in total. The molecule has 3 heteroatoms. The van der Waals surface area contributed by atoms with Crippen molar-refractivity contribution in [2.45, 2.75) is 39.0 Å². The zero-order chi connectivity index (χ0) is 9.90. The molecule has 0 radical (unpaired) electrons. The summed E-state index contributed by atoms with van der Waals surface area (Å²) in [6.07, 6.45) is 3.63. The van der Waals surface area contributed by atoms with Crippen LogP contribution in [0.2, 0.25) is 0 Å². The zero-order valence-corrected chi connectivity index (χ0v) is 8.26. The van der Waals surface area contributed by atoms with Crippen molar-refractivity contribution < 1.29 is 14.3 Å². The van der Waals surface area contributed by atoms with Crippen LogP contribution in [-0.4, -0.2) is 18.9 Å². The van der Waals surface area contributed by atoms with Crippen molar-refractivity contribution in [1.82, 2.24) is 0 Å². The summed E-state index contributed by atoms with van der Waals surface area (Å²) in [5.74, 6) is -0.284. The Labute approximate surface area is 78.5 Å². The molecule has 0 aromatic heterocycles. The molecular weight excluding hydrogens is 168 g/mol. The van der Waals surface area contributed by atoms with Crippen LogP contribution in [-0.2, 0) is 14.3 Å². The quantitative estimate of drug-likeness (QED) is 0.484. The molecule has 0 aromatic carbocycles. The van der Waals surface area contributed by atoms with Gasteiger partial charge in [-0.1, -0.05) is 13.3 Å². The zero-order valence-electron chi connectivity index (χ0n) is 8.26. The topological polar surface area (TPSA) is 43.4 Å². The minimum Gasteiger partial charge on any atom is -0.468 e. The molecule has 0 spiro atoms. The summed E-state index contributed by atoms with van der Waals surface area (Å²) in [5.41, 5.74) is -0.812. The number of Topliss-reactive ketones (excluding diaryl/α,β-unsaturated/α-hetero) is 1. The molecule has 0 aromatic rings. The van der Waals surface area contributed by atoms with E-state index in [1.54, 1.807) is 0 Å². The fourth-order valence-corrected chi connectivity index (χ4v) is 2.02. The monoisotopic (exact) mass is 184 g/mol. The maximum Gasteiger partial charge on any atom is 0.319 e. The Balaban J connectivity index is 2.88. The summed E-state index contributed by atoms with van der Waals surface area (Å²) in [6.45, 7) is 1.88. The summed E-state index contributed by atoms with van der Waals surface area (Å²) in [5, 5.41) is 0. The summed E-state index contributed by atoms with van der Waals surface area (Å²) in [7, 11) is 1.35. The van der Waals surface area contributed by atoms with Gasteiger partial charge in [0.1, 0.15) is 11.2 Å². The van der Waals surface area contributed by atoms with Crippen molar-refractivity contribution in [3.05, 3.63) is 0 Å². The number of carbonyl (C=O) groups is 2. The number of hydrogen-bond acceptors (Lipinski definition) is 3. The molecule has 0 aliphatic heterocycles. The van der Waals surface area contributed by atoms with Crippen LogP contribution in [0.3, 0.4) is 0 Å². The Bertz CT molecular complexity index is 212. The summed E-state index contributed by atoms with van der Waals surface area (Å²) < 4.78 is 4.69. The molecule has 0 N–H and O–H groups in total. The maximum atomic E-state index is 11.6. The fraction of sp³-hybridized carbons (Fsp3) is 0.800. The molecule has 1 fully saturated rings. The highest BCUT2D eigenvalue weighted by Crippen LogP contribution is 2.37. The van der Waals surface area contributed by atoms with Gasteiger partial charge in [0.25, 0.3) is 0 Å². The molecule has 1 atom stereocenters. The highest BCUT2D eigenvalue weighted by atomic mass is 16.5. The van der Waals surface area contributed by atoms with Gasteiger partial charge in [-0.25, -0.2) is 0 Å². The molecule has 1 rings (SSSR count). The van der Waals surface area contributed by atoms with E-state index in [0.717, 1.165) is 12.8 Å². The van der Waals surface area contributed by atoms with E-state index in [1.165, 1.54) is 7.11 Å². The van der Waals surface area contributed by atoms with Crippen molar-refractivity contribution in [3.63, 3.8) is 0 Å². The lowest BCUT2D eigenvalue weighted by atomic mass is 9.71. The SMILES string of the molecule is CC[C@@]1(C(=O)OC)CCCCC1=O. The molecule has 0 heterocycles. The number of rotatable bonds is 2. The van der Waals surface area contributed by atoms with E-state index in [4.69, 9.17) is 4.74 Å². The van der Waals surface area contributed by atoms with E-state index in [9.17, 15) is 9.59 Å². The second-order valence-corrected chi connectivity index (χ2v) is 3.56. The van der Waals surface area contributed by atoms with Gasteiger partial charge < -0.3 is 4.74 Å². The Morgan fingerprint density at radius 3 is 2.69 bits per heavy atom. The largest absolute Gasteiger partial charge is 0.468 e. The van der Waals surface area contributed by atoms with Gasteiger partial charge in [-0.2, -0.15) is 0 Å². The number of carbonyl (C=O) groups excluding carboxylic acids is 2. The molecule has 0 bridgehead atoms. The molecule has 0 amide bonds. The van der Waals surface area contributed by atoms with Crippen LogP contribution < -0.4 is 0 Å². The first kappa shape index (κ1) is 10.2. The standard InChI is InChI=1S/C10H16O3/c1-3-10(9(12)13-2)7-5-4-6-8(10)11/h3-7H2,1-2H3/t10-/m1/s1. The lowest BCUT2D eigenvalue weighted by Crippen LogP contribution is -2.41. The smallest absolute Gasteiger partial charge is 0.319 e. The van der Waals surface area contributed by atoms with Crippen LogP contribution >= 0.6 is 0 Å². The van der Waals surface area contributed by atoms with E-state index >= 15 is 0 Å². The number of esters is 1. The molecule has 1 aliphatic rings. The highest BCUT2D eigenvalue weighted by Gasteiger charge is 2.45. The first-order chi connectivity index (χ1) is 6.17. The van der Waals surface area contributed by atoms with E-state index in [2.05, 4.69) is 0 Å². The van der Waals surface area contributed by atoms with Gasteiger partial charge in [-0.05, 0) is 19.3 Å². The number of ketones is 1. The summed E-state index contributed by atoms with van der Waals surface area (Å²) >= 11 is 0. The van der Waals surface area contributed by atoms with Crippen LogP contribution in [0.15, 0.2) is 0 Å². The first-order valence-electron chi connectivity index (χ1n) is 4.79. The summed E-state index contributed by atoms with van der Waals surface area (Å²) in [4.78, 5) is 23.1. The lowest BCUT2D eigenvalue weighted by Gasteiger charge is -2.31. The minimum absolute atomic E-state index is 0.0631. The molecule has 1 aliphatic carbocycles. The van der Waals surface area contributed by atoms with E-state index in [1.807, 2.05) is 6.92 Å². The van der Waals surface area contributed by atoms with E-state index in [-0.39, 0.29) is 11.8 Å². The van der Waals surface area contributed by atoms with Crippen LogP contribution in [0.4, 0.5) is 0 Å². The second kappa shape index (κ2) is 3.90. The Morgan fingerprint density at radius 2 is 2.23 bits per heavy atom. The normalized spacial score (nSPS) is 28.6. The van der Waals surface area contributed by atoms with Crippen LogP contribution in [0.1, 0.15) is 39.0 Å². The summed E-state index contributed by atoms with van der Waals surface area (Å²) in [6, 6.07) is 0. The van der Waals surface area contributed by atoms with E-state index < -0.39 is 5.41 Å². The first-order valence-corrected chi connectivity index (χ1v) is 4.79. The predicted octanol–water partition coefficient (Wildman–Crippen LogP) is 1.70. The Morgan fingerprint density at radius 1 is 1.54 bits per heavy atom. The third kappa shape index (κ3) is 1.60. The van der Waals surface area contributed by atoms with Crippen LogP contribution in [0.5, 0.6) is 0 Å². The Kier molecular flexibility index (Phi) is 3.07. The molecule has 0 unspecified atom stereocenters. The van der Waals surface area contributed by atoms with Crippen molar-refractivity contribution in [3.8, 4) is 0 Å². The number of hydrogen-bond donors (Lipinski definition) is 0. The minimum atomic E-state index is -0.812. The molecule has 74 valence electrons. The van der Waals surface area contributed by atoms with Gasteiger partial charge >= 0.3 is 5.97 Å². The average Bonchev–Trinajstić information content (AvgIpc) is 2.18. The fourth-order valence-electron chi connectivity index (χ4n) is 2.02. The number of ether oxygens (including phenoxy) is 1. The molecule has 1 saturated carbocycles. The van der Waals surface area contributed by atoms with E-state index in [0.29, 0.717) is 19.3 Å². The lowest BCUT2D eigenvalue weighted by molar-refractivity contribution is -0.160.